The lowest BCUT2D eigenvalue weighted by Crippen LogP contribution is -2.29. The molecular weight excluding hydrogens is 232 g/mol. The third-order valence-electron chi connectivity index (χ3n) is 3.29. The lowest BCUT2D eigenvalue weighted by Gasteiger charge is -2.18. The van der Waals surface area contributed by atoms with Gasteiger partial charge in [0.05, 0.1) is 12.7 Å². The van der Waals surface area contributed by atoms with Crippen molar-refractivity contribution in [1.82, 2.24) is 4.90 Å². The highest BCUT2D eigenvalue weighted by Crippen LogP contribution is 2.25. The maximum absolute atomic E-state index is 12.3. The van der Waals surface area contributed by atoms with Crippen molar-refractivity contribution in [1.29, 1.82) is 0 Å². The summed E-state index contributed by atoms with van der Waals surface area (Å²) in [5, 5.41) is 9.09. The SMILES string of the molecule is COc1cc(N)ccc1C(=O)N1CCC(CO)C1. The number of nitrogens with zero attached hydrogens (tertiary/aromatic N) is 1. The largest absolute Gasteiger partial charge is 0.496 e. The number of carbonyl (C=O) groups excluding carboxylic acids is 1. The second-order valence-corrected chi connectivity index (χ2v) is 4.55. The first kappa shape index (κ1) is 12.7. The molecule has 18 heavy (non-hydrogen) atoms. The van der Waals surface area contributed by atoms with Crippen molar-refractivity contribution in [2.45, 2.75) is 6.42 Å². The van der Waals surface area contributed by atoms with Gasteiger partial charge in [0.25, 0.3) is 5.91 Å². The highest BCUT2D eigenvalue weighted by Gasteiger charge is 2.27. The quantitative estimate of drug-likeness (QED) is 0.775. The number of aliphatic hydroxyl groups excluding tert-OH is 1. The van der Waals surface area contributed by atoms with Crippen molar-refractivity contribution in [3.63, 3.8) is 0 Å². The van der Waals surface area contributed by atoms with Gasteiger partial charge in [-0.15, -0.1) is 0 Å². The van der Waals surface area contributed by atoms with Crippen LogP contribution < -0.4 is 10.5 Å². The number of hydrogen-bond donors (Lipinski definition) is 2. The van der Waals surface area contributed by atoms with Crippen molar-refractivity contribution < 1.29 is 14.6 Å². The van der Waals surface area contributed by atoms with Crippen LogP contribution in [0.15, 0.2) is 18.2 Å². The van der Waals surface area contributed by atoms with E-state index in [-0.39, 0.29) is 18.4 Å². The summed E-state index contributed by atoms with van der Waals surface area (Å²) in [5.41, 5.74) is 6.75. The van der Waals surface area contributed by atoms with Crippen LogP contribution in [0.4, 0.5) is 5.69 Å². The van der Waals surface area contributed by atoms with E-state index in [0.717, 1.165) is 6.42 Å². The standard InChI is InChI=1S/C13H18N2O3/c1-18-12-6-10(14)2-3-11(12)13(17)15-5-4-9(7-15)8-16/h2-3,6,9,16H,4-5,7-8,14H2,1H3. The summed E-state index contributed by atoms with van der Waals surface area (Å²) in [6.45, 7) is 1.41. The molecule has 0 aliphatic carbocycles. The number of hydrogen-bond acceptors (Lipinski definition) is 4. The summed E-state index contributed by atoms with van der Waals surface area (Å²) in [7, 11) is 1.52. The highest BCUT2D eigenvalue weighted by atomic mass is 16.5. The Labute approximate surface area is 106 Å². The van der Waals surface area contributed by atoms with E-state index in [1.54, 1.807) is 23.1 Å². The Balaban J connectivity index is 2.19. The number of rotatable bonds is 3. The molecule has 1 aromatic rings. The highest BCUT2D eigenvalue weighted by molar-refractivity contribution is 5.97. The minimum absolute atomic E-state index is 0.0669. The van der Waals surface area contributed by atoms with Crippen LogP contribution in [-0.2, 0) is 0 Å². The van der Waals surface area contributed by atoms with Gasteiger partial charge in [-0.1, -0.05) is 0 Å². The molecule has 3 N–H and O–H groups in total. The molecule has 0 radical (unpaired) electrons. The molecule has 0 aromatic heterocycles. The maximum Gasteiger partial charge on any atom is 0.257 e. The Morgan fingerprint density at radius 2 is 2.39 bits per heavy atom. The van der Waals surface area contributed by atoms with Gasteiger partial charge in [0.2, 0.25) is 0 Å². The number of anilines is 1. The Morgan fingerprint density at radius 3 is 3.00 bits per heavy atom. The fraction of sp³-hybridized carbons (Fsp3) is 0.462. The number of aliphatic hydroxyl groups is 1. The Morgan fingerprint density at radius 1 is 1.61 bits per heavy atom. The van der Waals surface area contributed by atoms with E-state index in [1.165, 1.54) is 7.11 Å². The molecule has 5 nitrogen and oxygen atoms in total. The van der Waals surface area contributed by atoms with Gasteiger partial charge in [-0.05, 0) is 18.6 Å². The summed E-state index contributed by atoms with van der Waals surface area (Å²) >= 11 is 0. The number of nitrogen functional groups attached to an aromatic ring is 1. The summed E-state index contributed by atoms with van der Waals surface area (Å²) in [4.78, 5) is 14.1. The van der Waals surface area contributed by atoms with Crippen LogP contribution in [0.1, 0.15) is 16.8 Å². The van der Waals surface area contributed by atoms with Crippen molar-refractivity contribution >= 4 is 11.6 Å². The van der Waals surface area contributed by atoms with Gasteiger partial charge in [0.15, 0.2) is 0 Å². The molecule has 1 amide bonds. The van der Waals surface area contributed by atoms with Crippen molar-refractivity contribution in [3.8, 4) is 5.75 Å². The topological polar surface area (TPSA) is 75.8 Å². The lowest BCUT2D eigenvalue weighted by atomic mass is 10.1. The molecule has 1 aliphatic heterocycles. The van der Waals surface area contributed by atoms with Crippen LogP contribution >= 0.6 is 0 Å². The molecule has 1 saturated heterocycles. The van der Waals surface area contributed by atoms with Gasteiger partial charge in [-0.2, -0.15) is 0 Å². The zero-order valence-corrected chi connectivity index (χ0v) is 10.4. The molecule has 0 spiro atoms. The number of likely N-dealkylation sites (tertiary alicyclic amines) is 1. The van der Waals surface area contributed by atoms with E-state index in [0.29, 0.717) is 30.1 Å². The zero-order valence-electron chi connectivity index (χ0n) is 10.4. The third-order valence-corrected chi connectivity index (χ3v) is 3.29. The van der Waals surface area contributed by atoms with Crippen LogP contribution in [0, 0.1) is 5.92 Å². The van der Waals surface area contributed by atoms with Gasteiger partial charge in [-0.25, -0.2) is 0 Å². The molecule has 98 valence electrons. The van der Waals surface area contributed by atoms with Crippen molar-refractivity contribution in [2.24, 2.45) is 5.92 Å². The molecule has 1 aromatic carbocycles. The minimum atomic E-state index is -0.0669. The minimum Gasteiger partial charge on any atom is -0.496 e. The fourth-order valence-corrected chi connectivity index (χ4v) is 2.22. The van der Waals surface area contributed by atoms with Gasteiger partial charge < -0.3 is 20.5 Å². The molecular formula is C13H18N2O3. The van der Waals surface area contributed by atoms with E-state index >= 15 is 0 Å². The van der Waals surface area contributed by atoms with Crippen LogP contribution in [0.3, 0.4) is 0 Å². The molecule has 1 unspecified atom stereocenters. The maximum atomic E-state index is 12.3. The normalized spacial score (nSPS) is 19.0. The first-order valence-electron chi connectivity index (χ1n) is 5.99. The number of amides is 1. The second kappa shape index (κ2) is 5.27. The summed E-state index contributed by atoms with van der Waals surface area (Å²) in [6, 6.07) is 5.02. The smallest absolute Gasteiger partial charge is 0.257 e. The van der Waals surface area contributed by atoms with Crippen LogP contribution in [-0.4, -0.2) is 42.7 Å². The molecule has 2 rings (SSSR count). The second-order valence-electron chi connectivity index (χ2n) is 4.55. The number of benzene rings is 1. The monoisotopic (exact) mass is 250 g/mol. The first-order valence-corrected chi connectivity index (χ1v) is 5.99. The van der Waals surface area contributed by atoms with Gasteiger partial charge in [0.1, 0.15) is 5.75 Å². The zero-order chi connectivity index (χ0) is 13.1. The Bertz CT molecular complexity index is 448. The van der Waals surface area contributed by atoms with Gasteiger partial charge >= 0.3 is 0 Å². The molecule has 5 heteroatoms. The number of ether oxygens (including phenoxy) is 1. The Kier molecular flexibility index (Phi) is 3.72. The number of methoxy groups -OCH3 is 1. The third kappa shape index (κ3) is 2.41. The lowest BCUT2D eigenvalue weighted by molar-refractivity contribution is 0.0778. The van der Waals surface area contributed by atoms with E-state index in [9.17, 15) is 4.79 Å². The predicted molar refractivity (Wildman–Crippen MR) is 68.5 cm³/mol. The fourth-order valence-electron chi connectivity index (χ4n) is 2.22. The van der Waals surface area contributed by atoms with E-state index in [2.05, 4.69) is 0 Å². The molecule has 1 atom stereocenters. The van der Waals surface area contributed by atoms with E-state index < -0.39 is 0 Å². The van der Waals surface area contributed by atoms with E-state index in [4.69, 9.17) is 15.6 Å². The molecule has 1 aliphatic rings. The Hall–Kier alpha value is -1.75. The van der Waals surface area contributed by atoms with Gasteiger partial charge in [0, 0.05) is 37.4 Å². The van der Waals surface area contributed by atoms with Crippen LogP contribution in [0.5, 0.6) is 5.75 Å². The van der Waals surface area contributed by atoms with E-state index in [1.807, 2.05) is 0 Å². The molecule has 1 heterocycles. The average Bonchev–Trinajstić information content (AvgIpc) is 2.86. The number of nitrogens with two attached hydrogens (primary N) is 1. The summed E-state index contributed by atoms with van der Waals surface area (Å²) in [5.74, 6) is 0.615. The van der Waals surface area contributed by atoms with Gasteiger partial charge in [-0.3, -0.25) is 4.79 Å². The number of carbonyl (C=O) groups is 1. The first-order chi connectivity index (χ1) is 8.65. The van der Waals surface area contributed by atoms with Crippen molar-refractivity contribution in [2.75, 3.05) is 32.5 Å². The molecule has 1 fully saturated rings. The predicted octanol–water partition coefficient (Wildman–Crippen LogP) is 0.732. The molecule has 0 saturated carbocycles. The van der Waals surface area contributed by atoms with Crippen molar-refractivity contribution in [3.05, 3.63) is 23.8 Å². The summed E-state index contributed by atoms with van der Waals surface area (Å²) in [6.07, 6.45) is 0.847. The molecule has 0 bridgehead atoms. The van der Waals surface area contributed by atoms with Crippen LogP contribution in [0.25, 0.3) is 0 Å². The average molecular weight is 250 g/mol. The summed E-state index contributed by atoms with van der Waals surface area (Å²) < 4.78 is 5.18. The van der Waals surface area contributed by atoms with Crippen LogP contribution in [0.2, 0.25) is 0 Å².